The van der Waals surface area contributed by atoms with Crippen LogP contribution < -0.4 is 4.46 Å². The molecule has 0 spiro atoms. The van der Waals surface area contributed by atoms with Gasteiger partial charge in [0.25, 0.3) is 0 Å². The first-order valence-corrected chi connectivity index (χ1v) is 14.2. The van der Waals surface area contributed by atoms with E-state index in [0.29, 0.717) is 12.8 Å². The Morgan fingerprint density at radius 3 is 2.39 bits per heavy atom. The van der Waals surface area contributed by atoms with E-state index in [2.05, 4.69) is 19.1 Å². The molecule has 2 aromatic carbocycles. The number of aliphatic hydroxyl groups is 1. The van der Waals surface area contributed by atoms with Gasteiger partial charge in [0.15, 0.2) is 0 Å². The monoisotopic (exact) mass is 504 g/mol. The zero-order valence-electron chi connectivity index (χ0n) is 18.4. The van der Waals surface area contributed by atoms with E-state index < -0.39 is 15.4 Å². The summed E-state index contributed by atoms with van der Waals surface area (Å²) in [5, 5.41) is 11.7. The van der Waals surface area contributed by atoms with E-state index >= 15 is 0 Å². The molecule has 0 bridgehead atoms. The second-order valence-electron chi connectivity index (χ2n) is 8.16. The fraction of sp³-hybridized carbons (Fsp3) is 0.385. The quantitative estimate of drug-likeness (QED) is 0.296. The number of aryl methyl sites for hydroxylation is 1. The van der Waals surface area contributed by atoms with E-state index in [1.165, 1.54) is 0 Å². The van der Waals surface area contributed by atoms with Gasteiger partial charge in [-0.15, -0.1) is 0 Å². The first-order chi connectivity index (χ1) is 14.9. The molecule has 0 radical (unpaired) electrons. The van der Waals surface area contributed by atoms with E-state index in [4.69, 9.17) is 0 Å². The van der Waals surface area contributed by atoms with Gasteiger partial charge in [-0.3, -0.25) is 0 Å². The molecule has 1 aliphatic carbocycles. The molecule has 0 amide bonds. The molecule has 0 aromatic heterocycles. The van der Waals surface area contributed by atoms with E-state index in [1.807, 2.05) is 43.3 Å². The Labute approximate surface area is 193 Å². The first kappa shape index (κ1) is 24.0. The summed E-state index contributed by atoms with van der Waals surface area (Å²) in [5.74, 6) is 0. The summed E-state index contributed by atoms with van der Waals surface area (Å²) < 4.78 is 30.0. The molecule has 3 nitrogen and oxygen atoms in total. The van der Waals surface area contributed by atoms with Gasteiger partial charge in [0.05, 0.1) is 0 Å². The van der Waals surface area contributed by atoms with Crippen molar-refractivity contribution in [2.75, 3.05) is 0 Å². The Hall–Kier alpha value is -1.65. The molecule has 1 unspecified atom stereocenters. The van der Waals surface area contributed by atoms with Crippen LogP contribution in [0.3, 0.4) is 0 Å². The second-order valence-corrected chi connectivity index (χ2v) is 12.5. The molecule has 1 aliphatic rings. The molecular weight excluding hydrogens is 471 g/mol. The number of sulfone groups is 1. The van der Waals surface area contributed by atoms with Gasteiger partial charge < -0.3 is 0 Å². The molecule has 0 saturated heterocycles. The predicted molar refractivity (Wildman–Crippen MR) is 129 cm³/mol. The fourth-order valence-corrected chi connectivity index (χ4v) is 8.85. The van der Waals surface area contributed by atoms with Crippen LogP contribution in [0.1, 0.15) is 57.4 Å². The van der Waals surface area contributed by atoms with Crippen molar-refractivity contribution in [1.82, 2.24) is 0 Å². The summed E-state index contributed by atoms with van der Waals surface area (Å²) in [4.78, 5) is 0.483. The van der Waals surface area contributed by atoms with Crippen LogP contribution in [0.5, 0.6) is 0 Å². The van der Waals surface area contributed by atoms with E-state index in [1.54, 1.807) is 18.2 Å². The third kappa shape index (κ3) is 5.98. The van der Waals surface area contributed by atoms with Crippen molar-refractivity contribution in [3.8, 4) is 0 Å². The maximum atomic E-state index is 14.0. The van der Waals surface area contributed by atoms with Crippen LogP contribution in [-0.4, -0.2) is 34.1 Å². The van der Waals surface area contributed by atoms with Crippen LogP contribution in [0, 0.1) is 6.92 Å². The van der Waals surface area contributed by atoms with E-state index in [0.717, 1.165) is 46.6 Å². The molecule has 0 saturated carbocycles. The van der Waals surface area contributed by atoms with Crippen LogP contribution in [0.2, 0.25) is 0 Å². The van der Waals surface area contributed by atoms with Crippen LogP contribution >= 0.6 is 0 Å². The molecule has 31 heavy (non-hydrogen) atoms. The molecule has 1 N–H and O–H groups in total. The molecular formula is C26H32O3SSe. The number of benzene rings is 2. The Bertz CT molecular complexity index is 1020. The van der Waals surface area contributed by atoms with Crippen molar-refractivity contribution in [3.63, 3.8) is 0 Å². The molecule has 1 atom stereocenters. The topological polar surface area (TPSA) is 54.4 Å². The van der Waals surface area contributed by atoms with Crippen molar-refractivity contribution >= 4 is 29.3 Å². The normalized spacial score (nSPS) is 19.8. The maximum absolute atomic E-state index is 14.0. The molecule has 166 valence electrons. The summed E-state index contributed by atoms with van der Waals surface area (Å²) in [5.41, 5.74) is -0.433. The van der Waals surface area contributed by atoms with Crippen molar-refractivity contribution in [3.05, 3.63) is 81.7 Å². The Kier molecular flexibility index (Phi) is 8.35. The van der Waals surface area contributed by atoms with Crippen LogP contribution in [0.15, 0.2) is 81.0 Å². The Balaban J connectivity index is 2.20. The average molecular weight is 504 g/mol. The Morgan fingerprint density at radius 2 is 1.77 bits per heavy atom. The molecule has 3 rings (SSSR count). The zero-order valence-corrected chi connectivity index (χ0v) is 20.9. The number of rotatable bonds is 9. The van der Waals surface area contributed by atoms with Gasteiger partial charge in [0.1, 0.15) is 0 Å². The van der Waals surface area contributed by atoms with Gasteiger partial charge in [0.2, 0.25) is 0 Å². The number of hydrogen-bond donors (Lipinski definition) is 1. The number of hydrogen-bond acceptors (Lipinski definition) is 3. The third-order valence-electron chi connectivity index (χ3n) is 5.56. The average Bonchev–Trinajstić information content (AvgIpc) is 2.75. The van der Waals surface area contributed by atoms with E-state index in [9.17, 15) is 13.5 Å². The fourth-order valence-electron chi connectivity index (χ4n) is 3.88. The summed E-state index contributed by atoms with van der Waals surface area (Å²) in [6, 6.07) is 17.0. The summed E-state index contributed by atoms with van der Waals surface area (Å²) >= 11 is -0.177. The standard InChI is InChI=1S/C26H32O3SSe/c1-3-4-7-14-24(31-23-12-8-5-9-13-23)25(26(27)19-10-6-11-20-26)30(28,29)22-17-15-21(2)16-18-22/h5,8-10,12-13,15-19,27H,3-4,6-7,11,14,20H2,1-2H3/b25-24-. The minimum absolute atomic E-state index is 0.177. The third-order valence-corrected chi connectivity index (χ3v) is 10.3. The summed E-state index contributed by atoms with van der Waals surface area (Å²) in [6.07, 6.45) is 9.45. The van der Waals surface area contributed by atoms with Crippen LogP contribution in [-0.2, 0) is 9.84 Å². The van der Waals surface area contributed by atoms with Gasteiger partial charge >= 0.3 is 194 Å². The molecule has 2 aromatic rings. The predicted octanol–water partition coefficient (Wildman–Crippen LogP) is 5.06. The minimum atomic E-state index is -3.84. The van der Waals surface area contributed by atoms with Gasteiger partial charge in [-0.25, -0.2) is 0 Å². The van der Waals surface area contributed by atoms with Gasteiger partial charge in [-0.2, -0.15) is 0 Å². The molecule has 0 heterocycles. The van der Waals surface area contributed by atoms with Gasteiger partial charge in [0, 0.05) is 0 Å². The summed E-state index contributed by atoms with van der Waals surface area (Å²) in [6.45, 7) is 4.09. The van der Waals surface area contributed by atoms with Crippen molar-refractivity contribution < 1.29 is 13.5 Å². The van der Waals surface area contributed by atoms with Gasteiger partial charge in [-0.05, 0) is 0 Å². The molecule has 0 aliphatic heterocycles. The van der Waals surface area contributed by atoms with Crippen LogP contribution in [0.25, 0.3) is 0 Å². The van der Waals surface area contributed by atoms with Gasteiger partial charge in [-0.1, -0.05) is 0 Å². The summed E-state index contributed by atoms with van der Waals surface area (Å²) in [7, 11) is -3.84. The zero-order chi connectivity index (χ0) is 22.3. The van der Waals surface area contributed by atoms with Crippen LogP contribution in [0.4, 0.5) is 0 Å². The number of unbranched alkanes of at least 4 members (excludes halogenated alkanes) is 2. The second kappa shape index (κ2) is 10.8. The SMILES string of the molecule is CCCCC/C([Se]c1ccccc1)=C(\C1(O)C=CCCC1)S(=O)(=O)c1ccc(C)cc1. The first-order valence-electron chi connectivity index (χ1n) is 11.0. The Morgan fingerprint density at radius 1 is 1.06 bits per heavy atom. The van der Waals surface area contributed by atoms with Crippen molar-refractivity contribution in [2.45, 2.75) is 69.3 Å². The number of allylic oxidation sites excluding steroid dienone is 2. The van der Waals surface area contributed by atoms with Crippen molar-refractivity contribution in [1.29, 1.82) is 0 Å². The molecule has 5 heteroatoms. The van der Waals surface area contributed by atoms with Crippen molar-refractivity contribution in [2.24, 2.45) is 0 Å². The van der Waals surface area contributed by atoms with E-state index in [-0.39, 0.29) is 24.8 Å². The molecule has 0 fully saturated rings.